The summed E-state index contributed by atoms with van der Waals surface area (Å²) in [4.78, 5) is 0. The Morgan fingerprint density at radius 3 is 2.44 bits per heavy atom. The molecule has 0 unspecified atom stereocenters. The summed E-state index contributed by atoms with van der Waals surface area (Å²) in [6.07, 6.45) is 5.19. The zero-order chi connectivity index (χ0) is 6.69. The van der Waals surface area contributed by atoms with Gasteiger partial charge in [-0.3, -0.25) is 0 Å². The van der Waals surface area contributed by atoms with Gasteiger partial charge in [-0.15, -0.1) is 0 Å². The number of benzene rings is 1. The Balaban J connectivity index is 3.20. The molecule has 0 aromatic heterocycles. The SMILES string of the molecule is C#Cc1ccccc1[As]. The minimum absolute atomic E-state index is 0.956. The molecule has 0 heterocycles. The molecule has 0 bridgehead atoms. The van der Waals surface area contributed by atoms with Crippen LogP contribution in [0.25, 0.3) is 0 Å². The molecule has 2 radical (unpaired) electrons. The Kier molecular flexibility index (Phi) is 1.98. The second-order valence-corrected chi connectivity index (χ2v) is 2.67. The molecule has 0 nitrogen and oxygen atoms in total. The predicted molar refractivity (Wildman–Crippen MR) is 39.8 cm³/mol. The zero-order valence-electron chi connectivity index (χ0n) is 4.83. The first-order valence-corrected chi connectivity index (χ1v) is 3.53. The van der Waals surface area contributed by atoms with E-state index in [0.29, 0.717) is 0 Å². The first kappa shape index (κ1) is 6.46. The molecular weight excluding hydrogens is 171 g/mol. The van der Waals surface area contributed by atoms with Crippen LogP contribution in [0.3, 0.4) is 0 Å². The van der Waals surface area contributed by atoms with Gasteiger partial charge in [-0.25, -0.2) is 0 Å². The Hall–Kier alpha value is -0.662. The summed E-state index contributed by atoms with van der Waals surface area (Å²) in [5, 5.41) is 0. The molecule has 0 N–H and O–H groups in total. The average Bonchev–Trinajstić information content (AvgIpc) is 1.89. The summed E-state index contributed by atoms with van der Waals surface area (Å²) in [5.74, 6) is 2.58. The van der Waals surface area contributed by atoms with Crippen molar-refractivity contribution in [2.45, 2.75) is 0 Å². The van der Waals surface area contributed by atoms with Gasteiger partial charge in [-0.2, -0.15) is 0 Å². The summed E-state index contributed by atoms with van der Waals surface area (Å²) >= 11 is 2.44. The molecular formula is C8H5As. The van der Waals surface area contributed by atoms with Gasteiger partial charge < -0.3 is 0 Å². The van der Waals surface area contributed by atoms with E-state index in [9.17, 15) is 0 Å². The van der Waals surface area contributed by atoms with E-state index in [1.165, 1.54) is 0 Å². The summed E-state index contributed by atoms with van der Waals surface area (Å²) in [6, 6.07) is 7.81. The van der Waals surface area contributed by atoms with E-state index in [2.05, 4.69) is 22.8 Å². The van der Waals surface area contributed by atoms with Gasteiger partial charge >= 0.3 is 63.4 Å². The Morgan fingerprint density at radius 2 is 2.00 bits per heavy atom. The average molecular weight is 176 g/mol. The zero-order valence-corrected chi connectivity index (χ0v) is 6.71. The molecule has 0 spiro atoms. The normalized spacial score (nSPS) is 8.44. The summed E-state index contributed by atoms with van der Waals surface area (Å²) in [6.45, 7) is 0. The van der Waals surface area contributed by atoms with Crippen LogP contribution in [0.15, 0.2) is 24.3 Å². The molecule has 9 heavy (non-hydrogen) atoms. The molecule has 0 aliphatic heterocycles. The van der Waals surface area contributed by atoms with Crippen molar-refractivity contribution in [3.05, 3.63) is 29.8 Å². The molecule has 0 aliphatic carbocycles. The van der Waals surface area contributed by atoms with Gasteiger partial charge in [0, 0.05) is 0 Å². The molecule has 0 saturated carbocycles. The molecule has 0 atom stereocenters. The monoisotopic (exact) mass is 176 g/mol. The molecule has 0 saturated heterocycles. The maximum absolute atomic E-state index is 5.19. The molecule has 1 aromatic carbocycles. The van der Waals surface area contributed by atoms with Crippen molar-refractivity contribution in [1.29, 1.82) is 0 Å². The fourth-order valence-electron chi connectivity index (χ4n) is 0.596. The molecule has 0 amide bonds. The van der Waals surface area contributed by atoms with Crippen LogP contribution in [0.5, 0.6) is 0 Å². The van der Waals surface area contributed by atoms with E-state index < -0.39 is 0 Å². The number of rotatable bonds is 0. The Morgan fingerprint density at radius 1 is 1.33 bits per heavy atom. The van der Waals surface area contributed by atoms with Gasteiger partial charge in [0.1, 0.15) is 0 Å². The minimum atomic E-state index is 0.956. The van der Waals surface area contributed by atoms with Crippen molar-refractivity contribution in [1.82, 2.24) is 0 Å². The first-order valence-electron chi connectivity index (χ1n) is 2.59. The fraction of sp³-hybridized carbons (Fsp3) is 0. The number of terminal acetylenes is 1. The quantitative estimate of drug-likeness (QED) is 0.398. The van der Waals surface area contributed by atoms with Crippen molar-refractivity contribution in [3.8, 4) is 12.3 Å². The molecule has 0 fully saturated rings. The Labute approximate surface area is 63.8 Å². The van der Waals surface area contributed by atoms with Crippen LogP contribution in [0, 0.1) is 12.3 Å². The van der Waals surface area contributed by atoms with Crippen molar-refractivity contribution in [3.63, 3.8) is 0 Å². The van der Waals surface area contributed by atoms with Crippen LogP contribution in [0.1, 0.15) is 5.56 Å². The van der Waals surface area contributed by atoms with Crippen LogP contribution in [0.4, 0.5) is 0 Å². The summed E-state index contributed by atoms with van der Waals surface area (Å²) < 4.78 is 1.10. The molecule has 42 valence electrons. The van der Waals surface area contributed by atoms with E-state index in [-0.39, 0.29) is 0 Å². The van der Waals surface area contributed by atoms with Gasteiger partial charge in [-0.1, -0.05) is 0 Å². The van der Waals surface area contributed by atoms with Gasteiger partial charge in [0.05, 0.1) is 0 Å². The van der Waals surface area contributed by atoms with Crippen LogP contribution >= 0.6 is 0 Å². The maximum atomic E-state index is 5.19. The van der Waals surface area contributed by atoms with E-state index in [0.717, 1.165) is 9.91 Å². The fourth-order valence-corrected chi connectivity index (χ4v) is 1.07. The number of hydrogen-bond acceptors (Lipinski definition) is 0. The predicted octanol–water partition coefficient (Wildman–Crippen LogP) is 0.462. The van der Waals surface area contributed by atoms with E-state index in [1.54, 1.807) is 0 Å². The van der Waals surface area contributed by atoms with Crippen LogP contribution in [-0.2, 0) is 0 Å². The molecule has 1 rings (SSSR count). The molecule has 1 heteroatoms. The summed E-state index contributed by atoms with van der Waals surface area (Å²) in [7, 11) is 0. The van der Waals surface area contributed by atoms with Crippen LogP contribution in [-0.4, -0.2) is 16.9 Å². The van der Waals surface area contributed by atoms with Crippen molar-refractivity contribution >= 4 is 21.2 Å². The third-order valence-electron chi connectivity index (χ3n) is 1.06. The van der Waals surface area contributed by atoms with Gasteiger partial charge in [0.15, 0.2) is 0 Å². The third-order valence-corrected chi connectivity index (χ3v) is 1.88. The summed E-state index contributed by atoms with van der Waals surface area (Å²) in [5.41, 5.74) is 0.956. The van der Waals surface area contributed by atoms with E-state index in [1.807, 2.05) is 24.3 Å². The Bertz CT molecular complexity index is 245. The van der Waals surface area contributed by atoms with Gasteiger partial charge in [0.25, 0.3) is 0 Å². The van der Waals surface area contributed by atoms with Gasteiger partial charge in [0.2, 0.25) is 0 Å². The van der Waals surface area contributed by atoms with Crippen molar-refractivity contribution < 1.29 is 0 Å². The standard InChI is InChI=1S/C8H5As/c1-2-7-5-3-4-6-8(7)9/h1,3-6H. The first-order chi connectivity index (χ1) is 4.34. The van der Waals surface area contributed by atoms with Crippen molar-refractivity contribution in [2.75, 3.05) is 0 Å². The number of hydrogen-bond donors (Lipinski definition) is 0. The molecule has 0 aliphatic rings. The van der Waals surface area contributed by atoms with Crippen LogP contribution in [0.2, 0.25) is 0 Å². The van der Waals surface area contributed by atoms with E-state index >= 15 is 0 Å². The molecule has 1 aromatic rings. The second kappa shape index (κ2) is 2.76. The van der Waals surface area contributed by atoms with Crippen LogP contribution < -0.4 is 4.35 Å². The van der Waals surface area contributed by atoms with E-state index in [4.69, 9.17) is 6.42 Å². The van der Waals surface area contributed by atoms with Crippen molar-refractivity contribution in [2.24, 2.45) is 0 Å². The van der Waals surface area contributed by atoms with Gasteiger partial charge in [-0.05, 0) is 0 Å². The second-order valence-electron chi connectivity index (χ2n) is 1.66. The third kappa shape index (κ3) is 1.37. The topological polar surface area (TPSA) is 0 Å².